The van der Waals surface area contributed by atoms with Crippen molar-refractivity contribution in [2.75, 3.05) is 60.2 Å². The minimum absolute atomic E-state index is 0.0442. The lowest BCUT2D eigenvalue weighted by molar-refractivity contribution is -0.140. The zero-order valence-corrected chi connectivity index (χ0v) is 21.8. The molecular formula is C28H34N2O7. The number of aliphatic hydroxyl groups is 1. The molecule has 4 rings (SSSR count). The topological polar surface area (TPSA) is 97.8 Å². The highest BCUT2D eigenvalue weighted by molar-refractivity contribution is 6.46. The summed E-state index contributed by atoms with van der Waals surface area (Å²) in [6.07, 6.45) is 0. The number of benzene rings is 2. The van der Waals surface area contributed by atoms with Crippen LogP contribution in [0.25, 0.3) is 5.76 Å². The smallest absolute Gasteiger partial charge is 0.295 e. The Hall–Kier alpha value is -3.56. The van der Waals surface area contributed by atoms with E-state index in [1.807, 2.05) is 13.8 Å². The number of ether oxygens (including phenoxy) is 4. The van der Waals surface area contributed by atoms with Gasteiger partial charge in [-0.2, -0.15) is 0 Å². The number of aliphatic hydroxyl groups excluding tert-OH is 1. The fourth-order valence-electron chi connectivity index (χ4n) is 4.82. The lowest BCUT2D eigenvalue weighted by Crippen LogP contribution is -2.42. The Morgan fingerprint density at radius 1 is 1.00 bits per heavy atom. The lowest BCUT2D eigenvalue weighted by Gasteiger charge is -2.31. The van der Waals surface area contributed by atoms with Gasteiger partial charge in [-0.05, 0) is 55.3 Å². The van der Waals surface area contributed by atoms with E-state index in [0.717, 1.165) is 18.7 Å². The van der Waals surface area contributed by atoms with Gasteiger partial charge in [0.15, 0.2) is 11.5 Å². The number of rotatable bonds is 9. The van der Waals surface area contributed by atoms with E-state index in [-0.39, 0.29) is 11.3 Å². The number of likely N-dealkylation sites (tertiary alicyclic amines) is 1. The van der Waals surface area contributed by atoms with Crippen molar-refractivity contribution in [1.82, 2.24) is 9.80 Å². The van der Waals surface area contributed by atoms with Crippen LogP contribution in [-0.2, 0) is 14.3 Å². The van der Waals surface area contributed by atoms with Gasteiger partial charge < -0.3 is 29.0 Å². The van der Waals surface area contributed by atoms with Crippen molar-refractivity contribution < 1.29 is 33.6 Å². The molecule has 1 N–H and O–H groups in total. The number of aryl methyl sites for hydroxylation is 1. The van der Waals surface area contributed by atoms with Gasteiger partial charge >= 0.3 is 0 Å². The predicted octanol–water partition coefficient (Wildman–Crippen LogP) is 3.16. The van der Waals surface area contributed by atoms with Gasteiger partial charge in [0.05, 0.1) is 45.7 Å². The molecule has 2 saturated heterocycles. The number of hydrogen-bond acceptors (Lipinski definition) is 8. The van der Waals surface area contributed by atoms with E-state index in [1.54, 1.807) is 43.5 Å². The van der Waals surface area contributed by atoms with E-state index < -0.39 is 17.7 Å². The average Bonchev–Trinajstić information content (AvgIpc) is 3.17. The Balaban J connectivity index is 1.78. The second-order valence-corrected chi connectivity index (χ2v) is 8.97. The number of methoxy groups -OCH3 is 2. The molecule has 9 heteroatoms. The summed E-state index contributed by atoms with van der Waals surface area (Å²) in [6.45, 7) is 7.98. The van der Waals surface area contributed by atoms with Gasteiger partial charge in [-0.15, -0.1) is 0 Å². The highest BCUT2D eigenvalue weighted by Gasteiger charge is 2.46. The van der Waals surface area contributed by atoms with Crippen LogP contribution in [0.5, 0.6) is 17.2 Å². The molecule has 198 valence electrons. The third-order valence-electron chi connectivity index (χ3n) is 6.77. The molecule has 1 amide bonds. The third-order valence-corrected chi connectivity index (χ3v) is 6.77. The standard InChI is InChI=1S/C28H34N2O7/c1-5-37-21-8-7-20(16-18(21)2)26(31)24-25(19-6-9-22(34-3)23(17-19)35-4)30(28(33)27(24)32)11-10-29-12-14-36-15-13-29/h6-9,16-17,25,31H,5,10-15H2,1-4H3/t25-/m0/s1. The Morgan fingerprint density at radius 3 is 2.35 bits per heavy atom. The van der Waals surface area contributed by atoms with Crippen LogP contribution in [-0.4, -0.2) is 86.8 Å². The third kappa shape index (κ3) is 5.42. The van der Waals surface area contributed by atoms with Crippen molar-refractivity contribution in [3.8, 4) is 17.2 Å². The van der Waals surface area contributed by atoms with Gasteiger partial charge in [-0.25, -0.2) is 0 Å². The first-order valence-electron chi connectivity index (χ1n) is 12.4. The van der Waals surface area contributed by atoms with Crippen LogP contribution in [0.3, 0.4) is 0 Å². The molecule has 0 unspecified atom stereocenters. The summed E-state index contributed by atoms with van der Waals surface area (Å²) in [5, 5.41) is 11.4. The SMILES string of the molecule is CCOc1ccc(C(O)=C2C(=O)C(=O)N(CCN3CCOCC3)[C@H]2c2ccc(OC)c(OC)c2)cc1C. The van der Waals surface area contributed by atoms with Gasteiger partial charge in [0.2, 0.25) is 0 Å². The minimum Gasteiger partial charge on any atom is -0.507 e. The van der Waals surface area contributed by atoms with Gasteiger partial charge in [-0.1, -0.05) is 6.07 Å². The van der Waals surface area contributed by atoms with Gasteiger partial charge in [-0.3, -0.25) is 14.5 Å². The molecule has 2 heterocycles. The second kappa shape index (κ2) is 11.7. The van der Waals surface area contributed by atoms with E-state index in [9.17, 15) is 14.7 Å². The molecule has 2 aromatic rings. The highest BCUT2D eigenvalue weighted by atomic mass is 16.5. The number of carbonyl (C=O) groups is 2. The van der Waals surface area contributed by atoms with Crippen molar-refractivity contribution in [3.05, 3.63) is 58.7 Å². The maximum absolute atomic E-state index is 13.4. The summed E-state index contributed by atoms with van der Waals surface area (Å²) in [6, 6.07) is 9.69. The van der Waals surface area contributed by atoms with E-state index in [1.165, 1.54) is 12.0 Å². The van der Waals surface area contributed by atoms with Crippen LogP contribution in [0.15, 0.2) is 42.0 Å². The molecule has 9 nitrogen and oxygen atoms in total. The zero-order chi connectivity index (χ0) is 26.5. The zero-order valence-electron chi connectivity index (χ0n) is 21.8. The average molecular weight is 511 g/mol. The summed E-state index contributed by atoms with van der Waals surface area (Å²) in [4.78, 5) is 30.4. The number of carbonyl (C=O) groups excluding carboxylic acids is 2. The van der Waals surface area contributed by atoms with Crippen LogP contribution >= 0.6 is 0 Å². The monoisotopic (exact) mass is 510 g/mol. The van der Waals surface area contributed by atoms with Gasteiger partial charge in [0.1, 0.15) is 11.5 Å². The maximum atomic E-state index is 13.4. The first-order valence-corrected chi connectivity index (χ1v) is 12.4. The molecule has 0 saturated carbocycles. The van der Waals surface area contributed by atoms with Gasteiger partial charge in [0.25, 0.3) is 11.7 Å². The highest BCUT2D eigenvalue weighted by Crippen LogP contribution is 2.42. The van der Waals surface area contributed by atoms with Crippen LogP contribution in [0, 0.1) is 6.92 Å². The minimum atomic E-state index is -0.785. The molecule has 0 spiro atoms. The number of amides is 1. The number of hydrogen-bond donors (Lipinski definition) is 1. The Bertz CT molecular complexity index is 1190. The molecular weight excluding hydrogens is 476 g/mol. The van der Waals surface area contributed by atoms with Crippen molar-refractivity contribution in [2.45, 2.75) is 19.9 Å². The molecule has 1 atom stereocenters. The lowest BCUT2D eigenvalue weighted by atomic mass is 9.94. The van der Waals surface area contributed by atoms with Crippen LogP contribution in [0.2, 0.25) is 0 Å². The molecule has 0 aromatic heterocycles. The van der Waals surface area contributed by atoms with Crippen molar-refractivity contribution >= 4 is 17.4 Å². The summed E-state index contributed by atoms with van der Waals surface area (Å²) >= 11 is 0. The van der Waals surface area contributed by atoms with Crippen molar-refractivity contribution in [3.63, 3.8) is 0 Å². The predicted molar refractivity (Wildman–Crippen MR) is 138 cm³/mol. The normalized spacial score (nSPS) is 19.8. The molecule has 0 bridgehead atoms. The van der Waals surface area contributed by atoms with Gasteiger partial charge in [0, 0.05) is 31.7 Å². The second-order valence-electron chi connectivity index (χ2n) is 8.97. The van der Waals surface area contributed by atoms with Crippen LogP contribution in [0.4, 0.5) is 0 Å². The Kier molecular flexibility index (Phi) is 8.35. The van der Waals surface area contributed by atoms with E-state index in [0.29, 0.717) is 61.3 Å². The quantitative estimate of drug-likeness (QED) is 0.312. The summed E-state index contributed by atoms with van der Waals surface area (Å²) in [5.41, 5.74) is 1.94. The number of morpholine rings is 1. The van der Waals surface area contributed by atoms with Crippen molar-refractivity contribution in [1.29, 1.82) is 0 Å². The molecule has 2 aliphatic rings. The number of ketones is 1. The fraction of sp³-hybridized carbons (Fsp3) is 0.429. The van der Waals surface area contributed by atoms with Crippen LogP contribution < -0.4 is 14.2 Å². The summed E-state index contributed by atoms with van der Waals surface area (Å²) < 4.78 is 21.9. The first kappa shape index (κ1) is 26.5. The number of nitrogens with zero attached hydrogens (tertiary/aromatic N) is 2. The van der Waals surface area contributed by atoms with Crippen molar-refractivity contribution in [2.24, 2.45) is 0 Å². The first-order chi connectivity index (χ1) is 17.9. The summed E-state index contributed by atoms with van der Waals surface area (Å²) in [7, 11) is 3.07. The molecule has 2 aliphatic heterocycles. The Labute approximate surface area is 217 Å². The molecule has 37 heavy (non-hydrogen) atoms. The van der Waals surface area contributed by atoms with Crippen LogP contribution in [0.1, 0.15) is 29.7 Å². The Morgan fingerprint density at radius 2 is 1.70 bits per heavy atom. The maximum Gasteiger partial charge on any atom is 0.295 e. The molecule has 2 fully saturated rings. The molecule has 0 aliphatic carbocycles. The fourth-order valence-corrected chi connectivity index (χ4v) is 4.82. The summed E-state index contributed by atoms with van der Waals surface area (Å²) in [5.74, 6) is 0.108. The van der Waals surface area contributed by atoms with E-state index in [2.05, 4.69) is 4.90 Å². The van der Waals surface area contributed by atoms with E-state index >= 15 is 0 Å². The van der Waals surface area contributed by atoms with E-state index in [4.69, 9.17) is 18.9 Å². The largest absolute Gasteiger partial charge is 0.507 e. The molecule has 2 aromatic carbocycles. The number of Topliss-reactive ketones (excluding diaryl/α,β-unsaturated/α-hetero) is 1. The molecule has 0 radical (unpaired) electrons.